The molecular formula is C55H32O. The fraction of sp³-hybridized carbons (Fsp3) is 0.0182. The van der Waals surface area contributed by atoms with Crippen LogP contribution in [0.2, 0.25) is 0 Å². The van der Waals surface area contributed by atoms with Crippen LogP contribution in [-0.2, 0) is 5.41 Å². The van der Waals surface area contributed by atoms with Crippen LogP contribution in [0.3, 0.4) is 0 Å². The molecule has 1 heteroatoms. The summed E-state index contributed by atoms with van der Waals surface area (Å²) in [6.07, 6.45) is 0. The zero-order valence-electron chi connectivity index (χ0n) is 30.4. The van der Waals surface area contributed by atoms with E-state index in [1.54, 1.807) is 0 Å². The minimum atomic E-state index is -0.540. The highest BCUT2D eigenvalue weighted by atomic mass is 16.3. The Morgan fingerprint density at radius 2 is 0.964 bits per heavy atom. The molecule has 2 aliphatic rings. The predicted molar refractivity (Wildman–Crippen MR) is 233 cm³/mol. The van der Waals surface area contributed by atoms with E-state index < -0.39 is 5.41 Å². The minimum absolute atomic E-state index is 0.540. The fourth-order valence-electron chi connectivity index (χ4n) is 10.6. The maximum absolute atomic E-state index is 6.70. The molecule has 10 aromatic carbocycles. The van der Waals surface area contributed by atoms with E-state index in [4.69, 9.17) is 4.42 Å². The van der Waals surface area contributed by atoms with Crippen LogP contribution in [0.25, 0.3) is 98.8 Å². The Labute approximate surface area is 323 Å². The van der Waals surface area contributed by atoms with Gasteiger partial charge in [0.1, 0.15) is 11.2 Å². The second kappa shape index (κ2) is 10.9. The van der Waals surface area contributed by atoms with Crippen LogP contribution >= 0.6 is 0 Å². The maximum Gasteiger partial charge on any atom is 0.143 e. The van der Waals surface area contributed by atoms with Gasteiger partial charge in [-0.1, -0.05) is 164 Å². The van der Waals surface area contributed by atoms with Crippen molar-refractivity contribution in [3.05, 3.63) is 216 Å². The number of rotatable bonds is 2. The average Bonchev–Trinajstić information content (AvgIpc) is 3.90. The summed E-state index contributed by atoms with van der Waals surface area (Å²) in [5.74, 6) is 0. The zero-order chi connectivity index (χ0) is 36.5. The van der Waals surface area contributed by atoms with Crippen LogP contribution in [0.15, 0.2) is 199 Å². The van der Waals surface area contributed by atoms with E-state index >= 15 is 0 Å². The molecule has 0 radical (unpaired) electrons. The standard InChI is InChI=1S/C55H32O/c1-2-14-35-30-37(25-24-33(35)12-1)46-31-36-15-4-5-16-40(36)52-44-28-27-38(39-20-11-23-50-51(39)45-29-26-34-13-3-6-17-41(34)54(45)56-50)32-49(44)55(53(46)52)47-21-9-7-18-42(47)43-19-8-10-22-48(43)55/h1-32H. The average molecular weight is 709 g/mol. The number of hydrogen-bond acceptors (Lipinski definition) is 1. The third-order valence-corrected chi connectivity index (χ3v) is 12.8. The third kappa shape index (κ3) is 3.79. The molecule has 0 saturated heterocycles. The Balaban J connectivity index is 1.18. The normalized spacial score (nSPS) is 13.5. The van der Waals surface area contributed by atoms with Crippen molar-refractivity contribution < 1.29 is 4.42 Å². The van der Waals surface area contributed by atoms with E-state index in [0.717, 1.165) is 27.3 Å². The summed E-state index contributed by atoms with van der Waals surface area (Å²) < 4.78 is 6.70. The lowest BCUT2D eigenvalue weighted by Crippen LogP contribution is -2.26. The molecule has 11 aromatic rings. The van der Waals surface area contributed by atoms with Gasteiger partial charge in [0.2, 0.25) is 0 Å². The third-order valence-electron chi connectivity index (χ3n) is 12.8. The first-order valence-electron chi connectivity index (χ1n) is 19.5. The van der Waals surface area contributed by atoms with Crippen LogP contribution in [0, 0.1) is 0 Å². The van der Waals surface area contributed by atoms with Gasteiger partial charge in [0, 0.05) is 16.2 Å². The molecule has 0 aliphatic heterocycles. The summed E-state index contributed by atoms with van der Waals surface area (Å²) in [6, 6.07) is 72.2. The quantitative estimate of drug-likeness (QED) is 0.174. The second-order valence-electron chi connectivity index (χ2n) is 15.5. The maximum atomic E-state index is 6.70. The van der Waals surface area contributed by atoms with Gasteiger partial charge in [-0.2, -0.15) is 0 Å². The van der Waals surface area contributed by atoms with Gasteiger partial charge in [-0.05, 0) is 124 Å². The SMILES string of the molecule is c1ccc2c(c1)-c1ccccc1C21c2cc(-c3cccc4oc5c6ccccc6ccc5c34)ccc2-c2c1c(-c1ccc3ccccc3c1)cc1ccccc21. The van der Waals surface area contributed by atoms with Crippen LogP contribution in [0.1, 0.15) is 22.3 Å². The molecule has 0 fully saturated rings. The fourth-order valence-corrected chi connectivity index (χ4v) is 10.6. The van der Waals surface area contributed by atoms with E-state index in [1.807, 2.05) is 0 Å². The molecule has 0 unspecified atom stereocenters. The summed E-state index contributed by atoms with van der Waals surface area (Å²) in [6.45, 7) is 0. The van der Waals surface area contributed by atoms with E-state index in [-0.39, 0.29) is 0 Å². The first kappa shape index (κ1) is 30.1. The molecule has 1 spiro atoms. The molecule has 0 atom stereocenters. The second-order valence-corrected chi connectivity index (χ2v) is 15.5. The van der Waals surface area contributed by atoms with Gasteiger partial charge >= 0.3 is 0 Å². The van der Waals surface area contributed by atoms with Gasteiger partial charge in [0.15, 0.2) is 0 Å². The molecule has 0 amide bonds. The number of fused-ring (bicyclic) bond motifs is 18. The summed E-state index contributed by atoms with van der Waals surface area (Å²) in [5, 5.41) is 9.67. The highest BCUT2D eigenvalue weighted by Gasteiger charge is 2.53. The monoisotopic (exact) mass is 708 g/mol. The van der Waals surface area contributed by atoms with Crippen LogP contribution in [0.4, 0.5) is 0 Å². The number of hydrogen-bond donors (Lipinski definition) is 0. The van der Waals surface area contributed by atoms with Crippen molar-refractivity contribution in [1.29, 1.82) is 0 Å². The van der Waals surface area contributed by atoms with Gasteiger partial charge in [0.05, 0.1) is 5.41 Å². The Kier molecular flexibility index (Phi) is 5.89. The summed E-state index contributed by atoms with van der Waals surface area (Å²) in [4.78, 5) is 0. The molecule has 0 bridgehead atoms. The largest absolute Gasteiger partial charge is 0.455 e. The van der Waals surface area contributed by atoms with Gasteiger partial charge in [-0.3, -0.25) is 0 Å². The Bertz CT molecular complexity index is 3440. The lowest BCUT2D eigenvalue weighted by molar-refractivity contribution is 0.673. The van der Waals surface area contributed by atoms with Gasteiger partial charge in [-0.25, -0.2) is 0 Å². The highest BCUT2D eigenvalue weighted by Crippen LogP contribution is 2.66. The summed E-state index contributed by atoms with van der Waals surface area (Å²) in [7, 11) is 0. The molecule has 2 aliphatic carbocycles. The zero-order valence-corrected chi connectivity index (χ0v) is 30.4. The van der Waals surface area contributed by atoms with Crippen LogP contribution in [-0.4, -0.2) is 0 Å². The molecule has 1 heterocycles. The van der Waals surface area contributed by atoms with E-state index in [0.29, 0.717) is 0 Å². The predicted octanol–water partition coefficient (Wildman–Crippen LogP) is 14.7. The highest BCUT2D eigenvalue weighted by molar-refractivity contribution is 6.19. The van der Waals surface area contributed by atoms with E-state index in [1.165, 1.54) is 93.7 Å². The van der Waals surface area contributed by atoms with Crippen molar-refractivity contribution in [1.82, 2.24) is 0 Å². The first-order chi connectivity index (χ1) is 27.8. The topological polar surface area (TPSA) is 13.1 Å². The van der Waals surface area contributed by atoms with E-state index in [9.17, 15) is 0 Å². The molecule has 258 valence electrons. The molecular weight excluding hydrogens is 677 g/mol. The van der Waals surface area contributed by atoms with Crippen molar-refractivity contribution in [3.8, 4) is 44.5 Å². The van der Waals surface area contributed by atoms with Gasteiger partial charge in [0.25, 0.3) is 0 Å². The molecule has 0 saturated carbocycles. The minimum Gasteiger partial charge on any atom is -0.455 e. The van der Waals surface area contributed by atoms with Gasteiger partial charge < -0.3 is 4.42 Å². The van der Waals surface area contributed by atoms with Gasteiger partial charge in [-0.15, -0.1) is 0 Å². The first-order valence-corrected chi connectivity index (χ1v) is 19.5. The Hall–Kier alpha value is -7.22. The molecule has 0 N–H and O–H groups in total. The smallest absolute Gasteiger partial charge is 0.143 e. The molecule has 1 nitrogen and oxygen atoms in total. The lowest BCUT2D eigenvalue weighted by atomic mass is 9.68. The molecule has 56 heavy (non-hydrogen) atoms. The lowest BCUT2D eigenvalue weighted by Gasteiger charge is -2.33. The Morgan fingerprint density at radius 1 is 0.339 bits per heavy atom. The van der Waals surface area contributed by atoms with Crippen molar-refractivity contribution in [3.63, 3.8) is 0 Å². The Morgan fingerprint density at radius 3 is 1.79 bits per heavy atom. The van der Waals surface area contributed by atoms with Crippen molar-refractivity contribution in [2.75, 3.05) is 0 Å². The van der Waals surface area contributed by atoms with Crippen LogP contribution < -0.4 is 0 Å². The van der Waals surface area contributed by atoms with Crippen molar-refractivity contribution in [2.24, 2.45) is 0 Å². The molecule has 13 rings (SSSR count). The number of furan rings is 1. The van der Waals surface area contributed by atoms with Crippen LogP contribution in [0.5, 0.6) is 0 Å². The number of benzene rings is 10. The van der Waals surface area contributed by atoms with E-state index in [2.05, 4.69) is 194 Å². The molecule has 1 aromatic heterocycles. The summed E-state index contributed by atoms with van der Waals surface area (Å²) >= 11 is 0. The van der Waals surface area contributed by atoms with Crippen molar-refractivity contribution >= 4 is 54.3 Å². The summed E-state index contributed by atoms with van der Waals surface area (Å²) in [5.41, 5.74) is 16.8. The van der Waals surface area contributed by atoms with Crippen molar-refractivity contribution in [2.45, 2.75) is 5.41 Å².